The molecule has 0 bridgehead atoms. The van der Waals surface area contributed by atoms with Gasteiger partial charge in [-0.05, 0) is 39.2 Å². The van der Waals surface area contributed by atoms with Crippen LogP contribution in [0.2, 0.25) is 0 Å². The predicted molar refractivity (Wildman–Crippen MR) is 62.4 cm³/mol. The summed E-state index contributed by atoms with van der Waals surface area (Å²) in [6.45, 7) is 9.04. The lowest BCUT2D eigenvalue weighted by atomic mass is 9.96. The highest BCUT2D eigenvalue weighted by Crippen LogP contribution is 2.22. The van der Waals surface area contributed by atoms with Crippen LogP contribution in [0.25, 0.3) is 0 Å². The van der Waals surface area contributed by atoms with Gasteiger partial charge in [0.25, 0.3) is 0 Å². The predicted octanol–water partition coefficient (Wildman–Crippen LogP) is 2.38. The van der Waals surface area contributed by atoms with Crippen molar-refractivity contribution in [2.45, 2.75) is 64.5 Å². The molecule has 2 N–H and O–H groups in total. The first-order chi connectivity index (χ1) is 6.59. The second-order valence-electron chi connectivity index (χ2n) is 5.08. The van der Waals surface area contributed by atoms with Crippen molar-refractivity contribution in [2.24, 2.45) is 5.73 Å². The van der Waals surface area contributed by atoms with Gasteiger partial charge in [-0.2, -0.15) is 0 Å². The third-order valence-electron chi connectivity index (χ3n) is 3.36. The van der Waals surface area contributed by atoms with Crippen molar-refractivity contribution < 1.29 is 0 Å². The fraction of sp³-hybridized carbons (Fsp3) is 1.00. The van der Waals surface area contributed by atoms with Crippen LogP contribution in [0.5, 0.6) is 0 Å². The minimum absolute atomic E-state index is 0.0203. The molecule has 1 fully saturated rings. The van der Waals surface area contributed by atoms with Gasteiger partial charge in [0, 0.05) is 18.1 Å². The van der Waals surface area contributed by atoms with E-state index in [1.54, 1.807) is 0 Å². The maximum atomic E-state index is 6.28. The average Bonchev–Trinajstić information content (AvgIpc) is 2.50. The van der Waals surface area contributed by atoms with Crippen molar-refractivity contribution in [1.82, 2.24) is 4.90 Å². The largest absolute Gasteiger partial charge is 0.324 e. The van der Waals surface area contributed by atoms with Gasteiger partial charge in [-0.15, -0.1) is 0 Å². The Morgan fingerprint density at radius 3 is 2.71 bits per heavy atom. The number of rotatable bonds is 5. The van der Waals surface area contributed by atoms with Crippen LogP contribution in [0.3, 0.4) is 0 Å². The van der Waals surface area contributed by atoms with Crippen molar-refractivity contribution in [1.29, 1.82) is 0 Å². The molecule has 0 aromatic heterocycles. The van der Waals surface area contributed by atoms with Gasteiger partial charge in [0.05, 0.1) is 0 Å². The summed E-state index contributed by atoms with van der Waals surface area (Å²) in [5.74, 6) is 0. The fourth-order valence-corrected chi connectivity index (χ4v) is 2.68. The molecule has 2 heteroatoms. The molecular weight excluding hydrogens is 172 g/mol. The standard InChI is InChI=1S/C12H26N2/c1-4-8-12(3,13)10-14-9-6-7-11(14)5-2/h11H,4-10,13H2,1-3H3. The molecule has 2 atom stereocenters. The topological polar surface area (TPSA) is 29.3 Å². The first kappa shape index (κ1) is 12.0. The minimum atomic E-state index is 0.0203. The Bertz CT molecular complexity index is 166. The van der Waals surface area contributed by atoms with Crippen LogP contribution in [0.4, 0.5) is 0 Å². The van der Waals surface area contributed by atoms with Crippen LogP contribution in [0, 0.1) is 0 Å². The second-order valence-corrected chi connectivity index (χ2v) is 5.08. The summed E-state index contributed by atoms with van der Waals surface area (Å²) in [5, 5.41) is 0. The average molecular weight is 198 g/mol. The SMILES string of the molecule is CCCC(C)(N)CN1CCCC1CC. The molecule has 0 saturated carbocycles. The lowest BCUT2D eigenvalue weighted by molar-refractivity contribution is 0.191. The summed E-state index contributed by atoms with van der Waals surface area (Å²) in [6, 6.07) is 0.801. The van der Waals surface area contributed by atoms with E-state index in [0.29, 0.717) is 0 Å². The Kier molecular flexibility index (Phi) is 4.39. The number of nitrogens with zero attached hydrogens (tertiary/aromatic N) is 1. The van der Waals surface area contributed by atoms with Crippen molar-refractivity contribution in [2.75, 3.05) is 13.1 Å². The zero-order valence-electron chi connectivity index (χ0n) is 10.1. The van der Waals surface area contributed by atoms with Crippen LogP contribution >= 0.6 is 0 Å². The zero-order valence-corrected chi connectivity index (χ0v) is 10.1. The van der Waals surface area contributed by atoms with E-state index in [1.807, 2.05) is 0 Å². The van der Waals surface area contributed by atoms with Crippen LogP contribution in [0.1, 0.15) is 52.9 Å². The van der Waals surface area contributed by atoms with Gasteiger partial charge in [0.2, 0.25) is 0 Å². The monoisotopic (exact) mass is 198 g/mol. The van der Waals surface area contributed by atoms with Crippen LogP contribution in [0.15, 0.2) is 0 Å². The lowest BCUT2D eigenvalue weighted by Crippen LogP contribution is -2.49. The normalized spacial score (nSPS) is 27.9. The molecule has 1 aliphatic heterocycles. The van der Waals surface area contributed by atoms with Crippen LogP contribution < -0.4 is 5.73 Å². The molecule has 1 heterocycles. The van der Waals surface area contributed by atoms with Gasteiger partial charge in [-0.1, -0.05) is 20.3 Å². The van der Waals surface area contributed by atoms with Gasteiger partial charge in [-0.3, -0.25) is 4.90 Å². The maximum absolute atomic E-state index is 6.28. The highest BCUT2D eigenvalue weighted by atomic mass is 15.2. The zero-order chi connectivity index (χ0) is 10.6. The molecule has 0 aromatic rings. The van der Waals surface area contributed by atoms with Crippen molar-refractivity contribution in [3.8, 4) is 0 Å². The molecule has 2 unspecified atom stereocenters. The van der Waals surface area contributed by atoms with E-state index in [1.165, 1.54) is 32.2 Å². The number of nitrogens with two attached hydrogens (primary N) is 1. The van der Waals surface area contributed by atoms with Crippen molar-refractivity contribution >= 4 is 0 Å². The quantitative estimate of drug-likeness (QED) is 0.735. The molecule has 1 aliphatic rings. The highest BCUT2D eigenvalue weighted by molar-refractivity contribution is 4.87. The van der Waals surface area contributed by atoms with Crippen molar-refractivity contribution in [3.05, 3.63) is 0 Å². The Labute approximate surface area is 88.8 Å². The second kappa shape index (κ2) is 5.13. The third-order valence-corrected chi connectivity index (χ3v) is 3.36. The number of likely N-dealkylation sites (tertiary alicyclic amines) is 1. The summed E-state index contributed by atoms with van der Waals surface area (Å²) in [6.07, 6.45) is 6.35. The summed E-state index contributed by atoms with van der Waals surface area (Å²) < 4.78 is 0. The highest BCUT2D eigenvalue weighted by Gasteiger charge is 2.28. The van der Waals surface area contributed by atoms with E-state index in [9.17, 15) is 0 Å². The summed E-state index contributed by atoms with van der Waals surface area (Å²) in [7, 11) is 0. The van der Waals surface area contributed by atoms with E-state index >= 15 is 0 Å². The van der Waals surface area contributed by atoms with Crippen molar-refractivity contribution in [3.63, 3.8) is 0 Å². The van der Waals surface area contributed by atoms with Crippen LogP contribution in [-0.2, 0) is 0 Å². The summed E-state index contributed by atoms with van der Waals surface area (Å²) in [5.41, 5.74) is 6.30. The molecule has 0 aliphatic carbocycles. The van der Waals surface area contributed by atoms with Gasteiger partial charge in [0.15, 0.2) is 0 Å². The third kappa shape index (κ3) is 3.25. The molecule has 1 saturated heterocycles. The van der Waals surface area contributed by atoms with E-state index in [0.717, 1.165) is 19.0 Å². The van der Waals surface area contributed by atoms with Gasteiger partial charge < -0.3 is 5.73 Å². The van der Waals surface area contributed by atoms with Gasteiger partial charge in [0.1, 0.15) is 0 Å². The Morgan fingerprint density at radius 2 is 2.14 bits per heavy atom. The van der Waals surface area contributed by atoms with E-state index < -0.39 is 0 Å². The molecule has 1 rings (SSSR count). The Morgan fingerprint density at radius 1 is 1.43 bits per heavy atom. The smallest absolute Gasteiger partial charge is 0.0254 e. The first-order valence-electron chi connectivity index (χ1n) is 6.12. The molecule has 0 radical (unpaired) electrons. The van der Waals surface area contributed by atoms with E-state index in [4.69, 9.17) is 5.73 Å². The first-order valence-corrected chi connectivity index (χ1v) is 6.12. The summed E-state index contributed by atoms with van der Waals surface area (Å²) in [4.78, 5) is 2.59. The molecular formula is C12H26N2. The van der Waals surface area contributed by atoms with E-state index in [-0.39, 0.29) is 5.54 Å². The molecule has 0 spiro atoms. The fourth-order valence-electron chi connectivity index (χ4n) is 2.68. The minimum Gasteiger partial charge on any atom is -0.324 e. The molecule has 0 aromatic carbocycles. The Hall–Kier alpha value is -0.0800. The molecule has 2 nitrogen and oxygen atoms in total. The summed E-state index contributed by atoms with van der Waals surface area (Å²) >= 11 is 0. The number of hydrogen-bond donors (Lipinski definition) is 1. The van der Waals surface area contributed by atoms with E-state index in [2.05, 4.69) is 25.7 Å². The maximum Gasteiger partial charge on any atom is 0.0254 e. The van der Waals surface area contributed by atoms with Gasteiger partial charge in [-0.25, -0.2) is 0 Å². The number of hydrogen-bond acceptors (Lipinski definition) is 2. The van der Waals surface area contributed by atoms with Crippen LogP contribution in [-0.4, -0.2) is 29.6 Å². The molecule has 84 valence electrons. The Balaban J connectivity index is 2.42. The van der Waals surface area contributed by atoms with Gasteiger partial charge >= 0.3 is 0 Å². The molecule has 14 heavy (non-hydrogen) atoms. The molecule has 0 amide bonds. The lowest BCUT2D eigenvalue weighted by Gasteiger charge is -2.33.